The Labute approximate surface area is 99.6 Å². The van der Waals surface area contributed by atoms with Gasteiger partial charge in [0, 0.05) is 11.9 Å². The molecule has 0 amide bonds. The summed E-state index contributed by atoms with van der Waals surface area (Å²) < 4.78 is 2.04. The van der Waals surface area contributed by atoms with E-state index in [4.69, 9.17) is 5.26 Å². The number of fused-ring (bicyclic) bond motifs is 1. The highest BCUT2D eigenvalue weighted by molar-refractivity contribution is 5.34. The monoisotopic (exact) mass is 224 g/mol. The van der Waals surface area contributed by atoms with Crippen LogP contribution in [-0.2, 0) is 12.8 Å². The van der Waals surface area contributed by atoms with Crippen molar-refractivity contribution in [1.29, 1.82) is 5.26 Å². The molecule has 84 valence electrons. The Balaban J connectivity index is 2.03. The van der Waals surface area contributed by atoms with Crippen molar-refractivity contribution in [3.63, 3.8) is 0 Å². The number of nitrogens with zero attached hydrogens (tertiary/aromatic N) is 4. The molecule has 0 aliphatic heterocycles. The average molecular weight is 224 g/mol. The van der Waals surface area contributed by atoms with E-state index >= 15 is 0 Å². The number of hydrogen-bond donors (Lipinski definition) is 0. The summed E-state index contributed by atoms with van der Waals surface area (Å²) in [4.78, 5) is 8.73. The van der Waals surface area contributed by atoms with E-state index in [0.717, 1.165) is 18.7 Å². The van der Waals surface area contributed by atoms with Crippen LogP contribution in [0.2, 0.25) is 0 Å². The lowest BCUT2D eigenvalue weighted by Crippen LogP contribution is -2.07. The lowest BCUT2D eigenvalue weighted by Gasteiger charge is -2.13. The number of rotatable bonds is 1. The molecule has 0 spiro atoms. The van der Waals surface area contributed by atoms with Gasteiger partial charge < -0.3 is 0 Å². The molecule has 3 rings (SSSR count). The molecule has 1 aliphatic carbocycles. The summed E-state index contributed by atoms with van der Waals surface area (Å²) in [6.45, 7) is 0. The molecule has 1 aliphatic rings. The first-order valence-corrected chi connectivity index (χ1v) is 5.80. The van der Waals surface area contributed by atoms with E-state index in [9.17, 15) is 0 Å². The number of aromatic nitrogens is 3. The van der Waals surface area contributed by atoms with Crippen LogP contribution in [-0.4, -0.2) is 14.5 Å². The van der Waals surface area contributed by atoms with Crippen LogP contribution in [0.1, 0.15) is 29.8 Å². The summed E-state index contributed by atoms with van der Waals surface area (Å²) in [5.74, 6) is 0.847. The van der Waals surface area contributed by atoms with Crippen LogP contribution in [0.5, 0.6) is 0 Å². The van der Waals surface area contributed by atoms with Gasteiger partial charge in [-0.05, 0) is 37.8 Å². The summed E-state index contributed by atoms with van der Waals surface area (Å²) in [7, 11) is 0. The fourth-order valence-corrected chi connectivity index (χ4v) is 2.26. The van der Waals surface area contributed by atoms with Crippen molar-refractivity contribution in [3.8, 4) is 11.9 Å². The number of imidazole rings is 1. The van der Waals surface area contributed by atoms with Gasteiger partial charge in [-0.25, -0.2) is 9.97 Å². The van der Waals surface area contributed by atoms with E-state index in [1.807, 2.05) is 17.0 Å². The molecular weight excluding hydrogens is 212 g/mol. The molecule has 0 N–H and O–H groups in total. The van der Waals surface area contributed by atoms with E-state index in [1.54, 1.807) is 12.3 Å². The van der Waals surface area contributed by atoms with Crippen LogP contribution in [0, 0.1) is 11.3 Å². The van der Waals surface area contributed by atoms with E-state index in [0.29, 0.717) is 5.56 Å². The van der Waals surface area contributed by atoms with E-state index in [2.05, 4.69) is 16.0 Å². The molecule has 4 heteroatoms. The van der Waals surface area contributed by atoms with Crippen LogP contribution >= 0.6 is 0 Å². The molecule has 4 nitrogen and oxygen atoms in total. The van der Waals surface area contributed by atoms with E-state index < -0.39 is 0 Å². The van der Waals surface area contributed by atoms with Crippen molar-refractivity contribution in [1.82, 2.24) is 14.5 Å². The van der Waals surface area contributed by atoms with Crippen molar-refractivity contribution in [2.45, 2.75) is 25.7 Å². The number of pyridine rings is 1. The zero-order chi connectivity index (χ0) is 11.7. The van der Waals surface area contributed by atoms with Gasteiger partial charge in [-0.2, -0.15) is 5.26 Å². The van der Waals surface area contributed by atoms with Crippen LogP contribution in [0.25, 0.3) is 5.82 Å². The maximum atomic E-state index is 8.74. The molecular formula is C13H12N4. The Morgan fingerprint density at radius 2 is 2.06 bits per heavy atom. The topological polar surface area (TPSA) is 54.5 Å². The van der Waals surface area contributed by atoms with Crippen LogP contribution in [0.4, 0.5) is 0 Å². The molecule has 17 heavy (non-hydrogen) atoms. The number of hydrogen-bond acceptors (Lipinski definition) is 3. The van der Waals surface area contributed by atoms with Gasteiger partial charge in [-0.1, -0.05) is 0 Å². The summed E-state index contributed by atoms with van der Waals surface area (Å²) >= 11 is 0. The predicted molar refractivity (Wildman–Crippen MR) is 62.7 cm³/mol. The summed E-state index contributed by atoms with van der Waals surface area (Å²) in [5, 5.41) is 8.74. The molecule has 0 aromatic carbocycles. The van der Waals surface area contributed by atoms with Gasteiger partial charge >= 0.3 is 0 Å². The highest BCUT2D eigenvalue weighted by Crippen LogP contribution is 2.22. The lowest BCUT2D eigenvalue weighted by molar-refractivity contribution is 0.654. The number of aryl methyl sites for hydroxylation is 1. The Kier molecular flexibility index (Phi) is 2.37. The van der Waals surface area contributed by atoms with Crippen LogP contribution < -0.4 is 0 Å². The zero-order valence-electron chi connectivity index (χ0n) is 9.43. The zero-order valence-corrected chi connectivity index (χ0v) is 9.43. The Hall–Kier alpha value is -2.15. The molecule has 0 radical (unpaired) electrons. The third-order valence-corrected chi connectivity index (χ3v) is 3.15. The van der Waals surface area contributed by atoms with Crippen molar-refractivity contribution < 1.29 is 0 Å². The van der Waals surface area contributed by atoms with E-state index in [-0.39, 0.29) is 0 Å². The second kappa shape index (κ2) is 4.02. The first-order chi connectivity index (χ1) is 8.38. The summed E-state index contributed by atoms with van der Waals surface area (Å²) in [6.07, 6.45) is 8.02. The Bertz CT molecular complexity index is 574. The minimum atomic E-state index is 0.586. The van der Waals surface area contributed by atoms with Crippen LogP contribution in [0.15, 0.2) is 24.7 Å². The smallest absolute Gasteiger partial charge is 0.138 e. The van der Waals surface area contributed by atoms with Crippen molar-refractivity contribution >= 4 is 0 Å². The van der Waals surface area contributed by atoms with Gasteiger partial charge in [0.1, 0.15) is 18.2 Å². The summed E-state index contributed by atoms with van der Waals surface area (Å²) in [6, 6.07) is 5.73. The quantitative estimate of drug-likeness (QED) is 0.744. The highest BCUT2D eigenvalue weighted by atomic mass is 15.1. The normalized spacial score (nSPS) is 14.1. The highest BCUT2D eigenvalue weighted by Gasteiger charge is 2.16. The standard InChI is InChI=1S/C13H12N4/c14-7-10-5-6-13(15-8-10)17-9-16-11-3-1-2-4-12(11)17/h5-6,8-9H,1-4H2. The minimum Gasteiger partial charge on any atom is -0.287 e. The maximum absolute atomic E-state index is 8.74. The predicted octanol–water partition coefficient (Wildman–Crippen LogP) is 2.02. The minimum absolute atomic E-state index is 0.586. The number of nitriles is 1. The Morgan fingerprint density at radius 3 is 2.82 bits per heavy atom. The van der Waals surface area contributed by atoms with Gasteiger partial charge in [-0.3, -0.25) is 4.57 Å². The molecule has 0 saturated heterocycles. The average Bonchev–Trinajstić information content (AvgIpc) is 2.83. The fraction of sp³-hybridized carbons (Fsp3) is 0.308. The fourth-order valence-electron chi connectivity index (χ4n) is 2.26. The lowest BCUT2D eigenvalue weighted by atomic mass is 10.0. The largest absolute Gasteiger partial charge is 0.287 e. The van der Waals surface area contributed by atoms with Crippen molar-refractivity contribution in [3.05, 3.63) is 41.6 Å². The van der Waals surface area contributed by atoms with Crippen molar-refractivity contribution in [2.75, 3.05) is 0 Å². The molecule has 0 atom stereocenters. The molecule has 0 bridgehead atoms. The third-order valence-electron chi connectivity index (χ3n) is 3.15. The maximum Gasteiger partial charge on any atom is 0.138 e. The summed E-state index contributed by atoms with van der Waals surface area (Å²) in [5.41, 5.74) is 3.05. The SMILES string of the molecule is N#Cc1ccc(-n2cnc3c2CCCC3)nc1. The van der Waals surface area contributed by atoms with Gasteiger partial charge in [0.25, 0.3) is 0 Å². The van der Waals surface area contributed by atoms with Gasteiger partial charge in [-0.15, -0.1) is 0 Å². The first-order valence-electron chi connectivity index (χ1n) is 5.80. The molecule has 2 aromatic heterocycles. The van der Waals surface area contributed by atoms with Crippen molar-refractivity contribution in [2.24, 2.45) is 0 Å². The second-order valence-corrected chi connectivity index (χ2v) is 4.23. The Morgan fingerprint density at radius 1 is 1.18 bits per heavy atom. The third kappa shape index (κ3) is 1.70. The molecule has 2 heterocycles. The van der Waals surface area contributed by atoms with Crippen LogP contribution in [0.3, 0.4) is 0 Å². The molecule has 0 saturated carbocycles. The second-order valence-electron chi connectivity index (χ2n) is 4.23. The first kappa shape index (κ1) is 10.0. The molecule has 2 aromatic rings. The van der Waals surface area contributed by atoms with Gasteiger partial charge in [0.2, 0.25) is 0 Å². The molecule has 0 fully saturated rings. The molecule has 0 unspecified atom stereocenters. The van der Waals surface area contributed by atoms with Gasteiger partial charge in [0.15, 0.2) is 0 Å². The van der Waals surface area contributed by atoms with E-state index in [1.165, 1.54) is 24.2 Å². The van der Waals surface area contributed by atoms with Gasteiger partial charge in [0.05, 0.1) is 11.3 Å².